The van der Waals surface area contributed by atoms with Gasteiger partial charge in [-0.25, -0.2) is 4.57 Å². The lowest BCUT2D eigenvalue weighted by molar-refractivity contribution is -0.161. The molecule has 0 aliphatic carbocycles. The van der Waals surface area contributed by atoms with Crippen LogP contribution in [0.3, 0.4) is 0 Å². The first-order valence-corrected chi connectivity index (χ1v) is 25.8. The average molecular weight is 832 g/mol. The Morgan fingerprint density at radius 2 is 0.789 bits per heavy atom. The lowest BCUT2D eigenvalue weighted by Gasteiger charge is -2.20. The van der Waals surface area contributed by atoms with Gasteiger partial charge >= 0.3 is 19.8 Å². The van der Waals surface area contributed by atoms with Crippen molar-refractivity contribution >= 4 is 19.8 Å². The summed E-state index contributed by atoms with van der Waals surface area (Å²) in [7, 11) is -0.696. The van der Waals surface area contributed by atoms with Crippen LogP contribution >= 0.6 is 7.82 Å². The standard InChI is InChI=1S/C47H94NO8P/c1-5-7-9-11-13-15-17-19-21-23-25-27-29-31-33-35-37-39-46(49)53-43-45(44-55-57(51,52)54-42-41-48(3)4)56-47(50)40-38-36-34-32-30-28-26-24-22-20-18-16-14-12-10-8-6-2/h45H,5-44H2,1-4H3,(H,51,52). The summed E-state index contributed by atoms with van der Waals surface area (Å²) in [6, 6.07) is 0. The molecule has 9 nitrogen and oxygen atoms in total. The molecule has 0 amide bonds. The van der Waals surface area contributed by atoms with Gasteiger partial charge in [0.05, 0.1) is 13.2 Å². The molecule has 0 fully saturated rings. The molecule has 0 aliphatic heterocycles. The Bertz CT molecular complexity index is 920. The van der Waals surface area contributed by atoms with E-state index in [-0.39, 0.29) is 25.6 Å². The van der Waals surface area contributed by atoms with Crippen LogP contribution in [-0.4, -0.2) is 68.3 Å². The molecular weight excluding hydrogens is 737 g/mol. The van der Waals surface area contributed by atoms with Crippen LogP contribution in [0.1, 0.15) is 245 Å². The zero-order valence-corrected chi connectivity index (χ0v) is 39.0. The van der Waals surface area contributed by atoms with Gasteiger partial charge in [-0.15, -0.1) is 0 Å². The predicted octanol–water partition coefficient (Wildman–Crippen LogP) is 14.2. The maximum absolute atomic E-state index is 12.7. The maximum atomic E-state index is 12.7. The quantitative estimate of drug-likeness (QED) is 0.0364. The van der Waals surface area contributed by atoms with Gasteiger partial charge in [0.1, 0.15) is 6.61 Å². The third kappa shape index (κ3) is 44.4. The van der Waals surface area contributed by atoms with Gasteiger partial charge < -0.3 is 19.3 Å². The van der Waals surface area contributed by atoms with E-state index in [4.69, 9.17) is 18.5 Å². The van der Waals surface area contributed by atoms with E-state index in [1.165, 1.54) is 180 Å². The van der Waals surface area contributed by atoms with E-state index in [0.717, 1.165) is 38.5 Å². The number of carbonyl (C=O) groups excluding carboxylic acids is 2. The Hall–Kier alpha value is -0.990. The predicted molar refractivity (Wildman–Crippen MR) is 239 cm³/mol. The number of esters is 2. The van der Waals surface area contributed by atoms with Crippen LogP contribution in [0.2, 0.25) is 0 Å². The molecule has 340 valence electrons. The van der Waals surface area contributed by atoms with Crippen LogP contribution in [0.25, 0.3) is 0 Å². The first-order valence-electron chi connectivity index (χ1n) is 24.3. The second-order valence-corrected chi connectivity index (χ2v) is 18.5. The molecule has 0 saturated heterocycles. The molecule has 0 aliphatic rings. The molecule has 2 unspecified atom stereocenters. The van der Waals surface area contributed by atoms with Crippen LogP contribution in [0.4, 0.5) is 0 Å². The molecule has 57 heavy (non-hydrogen) atoms. The van der Waals surface area contributed by atoms with Crippen molar-refractivity contribution in [2.45, 2.75) is 251 Å². The lowest BCUT2D eigenvalue weighted by Crippen LogP contribution is -2.29. The normalized spacial score (nSPS) is 13.2. The fourth-order valence-electron chi connectivity index (χ4n) is 7.16. The van der Waals surface area contributed by atoms with Crippen LogP contribution in [0.5, 0.6) is 0 Å². The third-order valence-electron chi connectivity index (χ3n) is 10.9. The minimum Gasteiger partial charge on any atom is -0.462 e. The molecule has 0 bridgehead atoms. The number of hydrogen-bond donors (Lipinski definition) is 1. The fraction of sp³-hybridized carbons (Fsp3) is 0.957. The molecule has 0 heterocycles. The van der Waals surface area contributed by atoms with Crippen molar-refractivity contribution in [2.75, 3.05) is 40.5 Å². The second-order valence-electron chi connectivity index (χ2n) is 17.0. The van der Waals surface area contributed by atoms with Crippen LogP contribution in [0.15, 0.2) is 0 Å². The molecule has 0 saturated carbocycles. The van der Waals surface area contributed by atoms with E-state index in [1.807, 2.05) is 19.0 Å². The molecule has 0 aromatic carbocycles. The summed E-state index contributed by atoms with van der Waals surface area (Å²) in [6.07, 6.45) is 42.9. The number of rotatable bonds is 46. The fourth-order valence-corrected chi connectivity index (χ4v) is 7.90. The van der Waals surface area contributed by atoms with Gasteiger partial charge in [0, 0.05) is 19.4 Å². The zero-order valence-electron chi connectivity index (χ0n) is 38.1. The first-order chi connectivity index (χ1) is 27.7. The maximum Gasteiger partial charge on any atom is 0.472 e. The van der Waals surface area contributed by atoms with Gasteiger partial charge in [0.2, 0.25) is 0 Å². The highest BCUT2D eigenvalue weighted by Crippen LogP contribution is 2.43. The largest absolute Gasteiger partial charge is 0.472 e. The van der Waals surface area contributed by atoms with E-state index in [0.29, 0.717) is 13.0 Å². The SMILES string of the molecule is CCCCCCCCCCCCCCCCCCCC(=O)OCC(COP(=O)(O)OCCN(C)C)OC(=O)CCCCCCCCCCCCCCCCCCC. The molecule has 0 rings (SSSR count). The highest BCUT2D eigenvalue weighted by molar-refractivity contribution is 7.47. The topological polar surface area (TPSA) is 112 Å². The van der Waals surface area contributed by atoms with Gasteiger partial charge in [-0.1, -0.05) is 219 Å². The molecule has 2 atom stereocenters. The Kier molecular flexibility index (Phi) is 42.4. The van der Waals surface area contributed by atoms with Gasteiger partial charge in [-0.3, -0.25) is 18.6 Å². The van der Waals surface area contributed by atoms with Gasteiger partial charge in [0.15, 0.2) is 6.10 Å². The average Bonchev–Trinajstić information content (AvgIpc) is 3.18. The van der Waals surface area contributed by atoms with Gasteiger partial charge in [-0.05, 0) is 26.9 Å². The van der Waals surface area contributed by atoms with Crippen molar-refractivity contribution in [1.29, 1.82) is 0 Å². The number of unbranched alkanes of at least 4 members (excludes halogenated alkanes) is 32. The number of nitrogens with zero attached hydrogens (tertiary/aromatic N) is 1. The minimum atomic E-state index is -4.36. The molecule has 0 aromatic rings. The number of ether oxygens (including phenoxy) is 2. The molecule has 10 heteroatoms. The van der Waals surface area contributed by atoms with Crippen molar-refractivity contribution in [2.24, 2.45) is 0 Å². The summed E-state index contributed by atoms with van der Waals surface area (Å²) in [5.74, 6) is -0.783. The van der Waals surface area contributed by atoms with Crippen LogP contribution in [0, 0.1) is 0 Å². The zero-order chi connectivity index (χ0) is 41.9. The van der Waals surface area contributed by atoms with Crippen molar-refractivity contribution in [3.05, 3.63) is 0 Å². The lowest BCUT2D eigenvalue weighted by atomic mass is 10.0. The van der Waals surface area contributed by atoms with E-state index >= 15 is 0 Å². The summed E-state index contributed by atoms with van der Waals surface area (Å²) < 4.78 is 33.6. The third-order valence-corrected chi connectivity index (χ3v) is 11.9. The number of phosphoric acid groups is 1. The van der Waals surface area contributed by atoms with Crippen molar-refractivity contribution < 1.29 is 37.6 Å². The summed E-state index contributed by atoms with van der Waals surface area (Å²) >= 11 is 0. The number of carbonyl (C=O) groups is 2. The summed E-state index contributed by atoms with van der Waals surface area (Å²) in [5, 5.41) is 0. The molecular formula is C47H94NO8P. The number of phosphoric ester groups is 1. The summed E-state index contributed by atoms with van der Waals surface area (Å²) in [4.78, 5) is 37.1. The van der Waals surface area contributed by atoms with Crippen LogP contribution in [-0.2, 0) is 32.7 Å². The highest BCUT2D eigenvalue weighted by Gasteiger charge is 2.26. The Balaban J connectivity index is 4.17. The van der Waals surface area contributed by atoms with E-state index in [1.54, 1.807) is 0 Å². The van der Waals surface area contributed by atoms with E-state index in [9.17, 15) is 19.0 Å². The molecule has 0 aromatic heterocycles. The van der Waals surface area contributed by atoms with E-state index in [2.05, 4.69) is 13.8 Å². The number of likely N-dealkylation sites (N-methyl/N-ethyl adjacent to an activating group) is 1. The van der Waals surface area contributed by atoms with Gasteiger partial charge in [0.25, 0.3) is 0 Å². The minimum absolute atomic E-state index is 0.0128. The van der Waals surface area contributed by atoms with Crippen LogP contribution < -0.4 is 0 Å². The monoisotopic (exact) mass is 832 g/mol. The van der Waals surface area contributed by atoms with Crippen molar-refractivity contribution in [3.63, 3.8) is 0 Å². The first kappa shape index (κ1) is 56.0. The van der Waals surface area contributed by atoms with Crippen molar-refractivity contribution in [3.8, 4) is 0 Å². The Labute approximate surface area is 352 Å². The van der Waals surface area contributed by atoms with Crippen molar-refractivity contribution in [1.82, 2.24) is 4.90 Å². The van der Waals surface area contributed by atoms with E-state index < -0.39 is 26.5 Å². The number of hydrogen-bond acceptors (Lipinski definition) is 8. The Morgan fingerprint density at radius 1 is 0.474 bits per heavy atom. The van der Waals surface area contributed by atoms with Gasteiger partial charge in [-0.2, -0.15) is 0 Å². The summed E-state index contributed by atoms with van der Waals surface area (Å²) in [6.45, 7) is 4.38. The smallest absolute Gasteiger partial charge is 0.462 e. The Morgan fingerprint density at radius 3 is 1.12 bits per heavy atom. The highest BCUT2D eigenvalue weighted by atomic mass is 31.2. The molecule has 0 spiro atoms. The molecule has 0 radical (unpaired) electrons. The molecule has 1 N–H and O–H groups in total. The second kappa shape index (κ2) is 43.1. The summed E-state index contributed by atoms with van der Waals surface area (Å²) in [5.41, 5.74) is 0.